The molecule has 0 atom stereocenters. The standard InChI is InChI=1S/C13H19N3O/c1-3-6-14-8-12-4-5-13(17-12)10-16-9-11(2)7-15-16/h4-5,7,9,14H,3,6,8,10H2,1-2H3. The molecule has 1 N–H and O–H groups in total. The van der Waals surface area contributed by atoms with Crippen molar-refractivity contribution in [1.82, 2.24) is 15.1 Å². The summed E-state index contributed by atoms with van der Waals surface area (Å²) in [5, 5.41) is 7.55. The molecule has 0 saturated heterocycles. The molecule has 4 nitrogen and oxygen atoms in total. The summed E-state index contributed by atoms with van der Waals surface area (Å²) >= 11 is 0. The summed E-state index contributed by atoms with van der Waals surface area (Å²) in [5.41, 5.74) is 1.17. The molecule has 0 aromatic carbocycles. The summed E-state index contributed by atoms with van der Waals surface area (Å²) in [6, 6.07) is 4.04. The van der Waals surface area contributed by atoms with Crippen LogP contribution in [0.25, 0.3) is 0 Å². The van der Waals surface area contributed by atoms with E-state index in [9.17, 15) is 0 Å². The van der Waals surface area contributed by atoms with Crippen LogP contribution in [0.15, 0.2) is 28.9 Å². The third-order valence-electron chi connectivity index (χ3n) is 2.52. The number of nitrogens with zero attached hydrogens (tertiary/aromatic N) is 2. The Morgan fingerprint density at radius 3 is 2.88 bits per heavy atom. The topological polar surface area (TPSA) is 43.0 Å². The Morgan fingerprint density at radius 2 is 2.18 bits per heavy atom. The zero-order chi connectivity index (χ0) is 12.1. The number of nitrogens with one attached hydrogen (secondary N) is 1. The second kappa shape index (κ2) is 5.68. The Morgan fingerprint density at radius 1 is 1.35 bits per heavy atom. The summed E-state index contributed by atoms with van der Waals surface area (Å²) < 4.78 is 7.61. The summed E-state index contributed by atoms with van der Waals surface area (Å²) in [7, 11) is 0. The lowest BCUT2D eigenvalue weighted by Gasteiger charge is -2.00. The second-order valence-electron chi connectivity index (χ2n) is 4.26. The van der Waals surface area contributed by atoms with Crippen LogP contribution in [0.2, 0.25) is 0 Å². The molecule has 0 aliphatic rings. The molecule has 0 radical (unpaired) electrons. The van der Waals surface area contributed by atoms with Crippen LogP contribution in [0.3, 0.4) is 0 Å². The van der Waals surface area contributed by atoms with E-state index in [1.165, 1.54) is 5.56 Å². The molecule has 2 rings (SSSR count). The van der Waals surface area contributed by atoms with Crippen molar-refractivity contribution >= 4 is 0 Å². The Balaban J connectivity index is 1.89. The van der Waals surface area contributed by atoms with Crippen LogP contribution in [0, 0.1) is 6.92 Å². The third kappa shape index (κ3) is 3.46. The number of hydrogen-bond acceptors (Lipinski definition) is 3. The van der Waals surface area contributed by atoms with Crippen molar-refractivity contribution in [2.24, 2.45) is 0 Å². The van der Waals surface area contributed by atoms with Gasteiger partial charge in [0.25, 0.3) is 0 Å². The van der Waals surface area contributed by atoms with Gasteiger partial charge in [0.15, 0.2) is 0 Å². The lowest BCUT2D eigenvalue weighted by molar-refractivity contribution is 0.430. The fraction of sp³-hybridized carbons (Fsp3) is 0.462. The molecule has 17 heavy (non-hydrogen) atoms. The van der Waals surface area contributed by atoms with Crippen molar-refractivity contribution in [3.8, 4) is 0 Å². The second-order valence-corrected chi connectivity index (χ2v) is 4.26. The maximum atomic E-state index is 5.72. The van der Waals surface area contributed by atoms with Gasteiger partial charge in [-0.2, -0.15) is 5.10 Å². The van der Waals surface area contributed by atoms with Crippen LogP contribution in [0.4, 0.5) is 0 Å². The van der Waals surface area contributed by atoms with Crippen LogP contribution >= 0.6 is 0 Å². The van der Waals surface area contributed by atoms with E-state index in [1.54, 1.807) is 0 Å². The van der Waals surface area contributed by atoms with Crippen LogP contribution < -0.4 is 5.32 Å². The zero-order valence-corrected chi connectivity index (χ0v) is 10.4. The highest BCUT2D eigenvalue weighted by atomic mass is 16.3. The molecule has 0 unspecified atom stereocenters. The van der Waals surface area contributed by atoms with Gasteiger partial charge in [-0.15, -0.1) is 0 Å². The van der Waals surface area contributed by atoms with Gasteiger partial charge in [-0.1, -0.05) is 6.92 Å². The Bertz CT molecular complexity index is 459. The summed E-state index contributed by atoms with van der Waals surface area (Å²) in [5.74, 6) is 1.93. The molecule has 0 spiro atoms. The molecule has 0 amide bonds. The van der Waals surface area contributed by atoms with Gasteiger partial charge in [-0.05, 0) is 37.6 Å². The van der Waals surface area contributed by atoms with Crippen molar-refractivity contribution in [3.05, 3.63) is 41.6 Å². The van der Waals surface area contributed by atoms with Crippen molar-refractivity contribution in [3.63, 3.8) is 0 Å². The van der Waals surface area contributed by atoms with Crippen molar-refractivity contribution in [2.45, 2.75) is 33.4 Å². The summed E-state index contributed by atoms with van der Waals surface area (Å²) in [4.78, 5) is 0. The Kier molecular flexibility index (Phi) is 3.98. The lowest BCUT2D eigenvalue weighted by Crippen LogP contribution is -2.13. The van der Waals surface area contributed by atoms with E-state index in [1.807, 2.05) is 36.1 Å². The van der Waals surface area contributed by atoms with E-state index in [0.717, 1.165) is 31.0 Å². The molecule has 0 saturated carbocycles. The first-order chi connectivity index (χ1) is 8.28. The van der Waals surface area contributed by atoms with Crippen LogP contribution in [-0.4, -0.2) is 16.3 Å². The maximum absolute atomic E-state index is 5.72. The minimum atomic E-state index is 0.696. The highest BCUT2D eigenvalue weighted by Crippen LogP contribution is 2.09. The molecule has 0 aliphatic carbocycles. The maximum Gasteiger partial charge on any atom is 0.125 e. The smallest absolute Gasteiger partial charge is 0.125 e. The van der Waals surface area contributed by atoms with Gasteiger partial charge in [-0.3, -0.25) is 4.68 Å². The molecule has 2 aromatic rings. The van der Waals surface area contributed by atoms with Gasteiger partial charge >= 0.3 is 0 Å². The lowest BCUT2D eigenvalue weighted by atomic mass is 10.4. The van der Waals surface area contributed by atoms with E-state index < -0.39 is 0 Å². The first kappa shape index (κ1) is 11.9. The number of aromatic nitrogens is 2. The minimum Gasteiger partial charge on any atom is -0.463 e. The Hall–Kier alpha value is -1.55. The highest BCUT2D eigenvalue weighted by molar-refractivity contribution is 5.08. The normalized spacial score (nSPS) is 10.9. The first-order valence-corrected chi connectivity index (χ1v) is 6.05. The van der Waals surface area contributed by atoms with Crippen LogP contribution in [-0.2, 0) is 13.1 Å². The predicted octanol–water partition coefficient (Wildman–Crippen LogP) is 2.33. The van der Waals surface area contributed by atoms with E-state index >= 15 is 0 Å². The third-order valence-corrected chi connectivity index (χ3v) is 2.52. The number of rotatable bonds is 6. The number of hydrogen-bond donors (Lipinski definition) is 1. The monoisotopic (exact) mass is 233 g/mol. The molecule has 4 heteroatoms. The molecule has 0 bridgehead atoms. The summed E-state index contributed by atoms with van der Waals surface area (Å²) in [6.07, 6.45) is 5.00. The number of aryl methyl sites for hydroxylation is 1. The SMILES string of the molecule is CCCNCc1ccc(Cn2cc(C)cn2)o1. The van der Waals surface area contributed by atoms with E-state index in [0.29, 0.717) is 6.54 Å². The molecule has 2 heterocycles. The van der Waals surface area contributed by atoms with Crippen LogP contribution in [0.1, 0.15) is 30.4 Å². The van der Waals surface area contributed by atoms with Gasteiger partial charge in [-0.25, -0.2) is 0 Å². The van der Waals surface area contributed by atoms with Crippen LogP contribution in [0.5, 0.6) is 0 Å². The van der Waals surface area contributed by atoms with Gasteiger partial charge in [0.1, 0.15) is 11.5 Å². The van der Waals surface area contributed by atoms with Gasteiger partial charge < -0.3 is 9.73 Å². The van der Waals surface area contributed by atoms with E-state index in [4.69, 9.17) is 4.42 Å². The number of furan rings is 1. The average molecular weight is 233 g/mol. The van der Waals surface area contributed by atoms with Crippen molar-refractivity contribution < 1.29 is 4.42 Å². The van der Waals surface area contributed by atoms with Gasteiger partial charge in [0.2, 0.25) is 0 Å². The molecular formula is C13H19N3O. The van der Waals surface area contributed by atoms with Crippen molar-refractivity contribution in [1.29, 1.82) is 0 Å². The summed E-state index contributed by atoms with van der Waals surface area (Å²) in [6.45, 7) is 6.70. The van der Waals surface area contributed by atoms with Crippen molar-refractivity contribution in [2.75, 3.05) is 6.54 Å². The van der Waals surface area contributed by atoms with Gasteiger partial charge in [0.05, 0.1) is 19.3 Å². The Labute approximate surface area is 102 Å². The van der Waals surface area contributed by atoms with Gasteiger partial charge in [0, 0.05) is 6.20 Å². The fourth-order valence-electron chi connectivity index (χ4n) is 1.70. The molecular weight excluding hydrogens is 214 g/mol. The minimum absolute atomic E-state index is 0.696. The van der Waals surface area contributed by atoms with E-state index in [-0.39, 0.29) is 0 Å². The van der Waals surface area contributed by atoms with E-state index in [2.05, 4.69) is 17.3 Å². The highest BCUT2D eigenvalue weighted by Gasteiger charge is 2.03. The largest absolute Gasteiger partial charge is 0.463 e. The fourth-order valence-corrected chi connectivity index (χ4v) is 1.70. The first-order valence-electron chi connectivity index (χ1n) is 6.05. The molecule has 92 valence electrons. The molecule has 0 fully saturated rings. The molecule has 0 aliphatic heterocycles. The zero-order valence-electron chi connectivity index (χ0n) is 10.4. The average Bonchev–Trinajstić information content (AvgIpc) is 2.90. The predicted molar refractivity (Wildman–Crippen MR) is 66.8 cm³/mol. The quantitative estimate of drug-likeness (QED) is 0.779. The molecule has 2 aromatic heterocycles.